The quantitative estimate of drug-likeness (QED) is 0.215. The number of non-ortho nitro benzene ring substituents is 1. The highest BCUT2D eigenvalue weighted by molar-refractivity contribution is 7.80. The molecule has 13 heteroatoms. The lowest BCUT2D eigenvalue weighted by Crippen LogP contribution is -2.56. The van der Waals surface area contributed by atoms with Crippen LogP contribution in [0.25, 0.3) is 0 Å². The molecule has 0 unspecified atom stereocenters. The van der Waals surface area contributed by atoms with Gasteiger partial charge in [-0.2, -0.15) is 0 Å². The number of nitro benzene ring substituents is 1. The fraction of sp³-hybridized carbons (Fsp3) is 0.273. The second-order valence-electron chi connectivity index (χ2n) is 4.20. The molecule has 0 aliphatic carbocycles. The molecule has 0 fully saturated rings. The average molecular weight is 438 g/mol. The van der Waals surface area contributed by atoms with Crippen molar-refractivity contribution in [3.63, 3.8) is 0 Å². The Labute approximate surface area is 160 Å². The van der Waals surface area contributed by atoms with Crippen molar-refractivity contribution >= 4 is 81.0 Å². The number of nitrogens with one attached hydrogen (secondary N) is 3. The van der Waals surface area contributed by atoms with E-state index in [0.29, 0.717) is 0 Å². The minimum absolute atomic E-state index is 0.0200. The summed E-state index contributed by atoms with van der Waals surface area (Å²) in [6, 6.07) is 3.64. The summed E-state index contributed by atoms with van der Waals surface area (Å²) in [5.41, 5.74) is 0.0263. The second-order valence-corrected chi connectivity index (χ2v) is 7.38. The Morgan fingerprint density at radius 1 is 1.38 bits per heavy atom. The van der Waals surface area contributed by atoms with Crippen LogP contribution in [-0.4, -0.2) is 32.6 Å². The van der Waals surface area contributed by atoms with Crippen LogP contribution in [0.3, 0.4) is 0 Å². The van der Waals surface area contributed by atoms with E-state index in [-0.39, 0.29) is 21.5 Å². The third kappa shape index (κ3) is 6.40. The predicted molar refractivity (Wildman–Crippen MR) is 95.7 cm³/mol. The number of benzene rings is 1. The first-order valence-corrected chi connectivity index (χ1v) is 7.90. The standard InChI is InChI=1S/C11H9Cl4FN4O3S/c12-6-3-5(20(22)23)1-2-7(6)17-10(24)19-9(11(13,14)15)18-8(21)4-16/h1-3,9H,4H2,(H,18,21)(H2,17,19,24)/t9-/m1/s1. The number of thiocarbonyl (C=S) groups is 1. The van der Waals surface area contributed by atoms with Gasteiger partial charge in [-0.05, 0) is 18.3 Å². The molecule has 0 aliphatic rings. The summed E-state index contributed by atoms with van der Waals surface area (Å²) in [4.78, 5) is 21.1. The van der Waals surface area contributed by atoms with Gasteiger partial charge >= 0.3 is 0 Å². The molecular formula is C11H9Cl4FN4O3S. The highest BCUT2D eigenvalue weighted by Gasteiger charge is 2.34. The zero-order chi connectivity index (χ0) is 18.5. The molecule has 0 aromatic heterocycles. The maximum absolute atomic E-state index is 12.3. The van der Waals surface area contributed by atoms with E-state index >= 15 is 0 Å². The van der Waals surface area contributed by atoms with E-state index in [9.17, 15) is 19.3 Å². The van der Waals surface area contributed by atoms with Gasteiger partial charge in [0.15, 0.2) is 11.8 Å². The largest absolute Gasteiger partial charge is 0.339 e. The summed E-state index contributed by atoms with van der Waals surface area (Å²) in [5, 5.41) is 17.7. The number of amides is 1. The molecule has 0 spiro atoms. The molecule has 24 heavy (non-hydrogen) atoms. The maximum atomic E-state index is 12.3. The molecule has 0 heterocycles. The smallest absolute Gasteiger partial charge is 0.271 e. The molecule has 0 saturated carbocycles. The number of rotatable bonds is 5. The molecule has 3 N–H and O–H groups in total. The Hall–Kier alpha value is -1.13. The highest BCUT2D eigenvalue weighted by atomic mass is 35.6. The van der Waals surface area contributed by atoms with Crippen molar-refractivity contribution in [1.29, 1.82) is 0 Å². The van der Waals surface area contributed by atoms with Gasteiger partial charge in [0, 0.05) is 12.1 Å². The van der Waals surface area contributed by atoms with E-state index in [1.54, 1.807) is 0 Å². The number of hydrogen-bond acceptors (Lipinski definition) is 4. The third-order valence-electron chi connectivity index (χ3n) is 2.44. The number of halogens is 5. The zero-order valence-corrected chi connectivity index (χ0v) is 15.3. The highest BCUT2D eigenvalue weighted by Crippen LogP contribution is 2.30. The Bertz CT molecular complexity index is 659. The van der Waals surface area contributed by atoms with Crippen LogP contribution < -0.4 is 16.0 Å². The summed E-state index contributed by atoms with van der Waals surface area (Å²) in [5.74, 6) is -1.02. The van der Waals surface area contributed by atoms with Crippen LogP contribution in [0.15, 0.2) is 18.2 Å². The van der Waals surface area contributed by atoms with Crippen LogP contribution in [0.5, 0.6) is 0 Å². The Morgan fingerprint density at radius 2 is 2.00 bits per heavy atom. The molecule has 0 bridgehead atoms. The molecule has 1 atom stereocenters. The van der Waals surface area contributed by atoms with Gasteiger partial charge in [0.05, 0.1) is 15.6 Å². The van der Waals surface area contributed by atoms with Crippen molar-refractivity contribution in [1.82, 2.24) is 10.6 Å². The third-order valence-corrected chi connectivity index (χ3v) is 3.63. The van der Waals surface area contributed by atoms with Crippen molar-refractivity contribution in [2.24, 2.45) is 0 Å². The topological polar surface area (TPSA) is 96.3 Å². The summed E-state index contributed by atoms with van der Waals surface area (Å²) < 4.78 is 10.3. The number of carbonyl (C=O) groups excluding carboxylic acids is 1. The van der Waals surface area contributed by atoms with Gasteiger partial charge in [-0.3, -0.25) is 14.9 Å². The van der Waals surface area contributed by atoms with Crippen LogP contribution in [0.4, 0.5) is 15.8 Å². The number of anilines is 1. The zero-order valence-electron chi connectivity index (χ0n) is 11.5. The maximum Gasteiger partial charge on any atom is 0.271 e. The molecule has 0 aliphatic heterocycles. The Balaban J connectivity index is 2.82. The van der Waals surface area contributed by atoms with Crippen LogP contribution in [-0.2, 0) is 4.79 Å². The lowest BCUT2D eigenvalue weighted by Gasteiger charge is -2.27. The molecule has 1 amide bonds. The fourth-order valence-corrected chi connectivity index (χ4v) is 2.18. The second kappa shape index (κ2) is 8.82. The Kier molecular flexibility index (Phi) is 7.68. The molecule has 132 valence electrons. The normalized spacial score (nSPS) is 12.2. The van der Waals surface area contributed by atoms with E-state index in [2.05, 4.69) is 16.0 Å². The molecule has 1 aromatic carbocycles. The molecular weight excluding hydrogens is 429 g/mol. The van der Waals surface area contributed by atoms with Crippen molar-refractivity contribution < 1.29 is 14.1 Å². The average Bonchev–Trinajstić information content (AvgIpc) is 2.47. The van der Waals surface area contributed by atoms with E-state index < -0.39 is 27.5 Å². The van der Waals surface area contributed by atoms with Crippen molar-refractivity contribution in [2.75, 3.05) is 12.0 Å². The minimum Gasteiger partial charge on any atom is -0.339 e. The van der Waals surface area contributed by atoms with Crippen LogP contribution >= 0.6 is 58.6 Å². The number of nitrogens with zero attached hydrogens (tertiary/aromatic N) is 1. The van der Waals surface area contributed by atoms with Crippen molar-refractivity contribution in [2.45, 2.75) is 9.96 Å². The SMILES string of the molecule is O=C(CF)N[C@H](NC(=S)Nc1ccc([N+](=O)[O-])cc1Cl)C(Cl)(Cl)Cl. The molecule has 7 nitrogen and oxygen atoms in total. The number of carbonyl (C=O) groups is 1. The minimum atomic E-state index is -2.03. The summed E-state index contributed by atoms with van der Waals surface area (Å²) in [7, 11) is 0. The first-order valence-electron chi connectivity index (χ1n) is 5.98. The van der Waals surface area contributed by atoms with Gasteiger partial charge in [-0.1, -0.05) is 46.4 Å². The lowest BCUT2D eigenvalue weighted by molar-refractivity contribution is -0.384. The van der Waals surface area contributed by atoms with E-state index in [0.717, 1.165) is 6.07 Å². The monoisotopic (exact) mass is 436 g/mol. The van der Waals surface area contributed by atoms with Crippen LogP contribution in [0.1, 0.15) is 0 Å². The first-order chi connectivity index (χ1) is 11.0. The summed E-state index contributed by atoms with van der Waals surface area (Å²) in [6.45, 7) is -1.31. The molecule has 0 radical (unpaired) electrons. The van der Waals surface area contributed by atoms with Crippen LogP contribution in [0, 0.1) is 10.1 Å². The van der Waals surface area contributed by atoms with Gasteiger partial charge < -0.3 is 16.0 Å². The van der Waals surface area contributed by atoms with Crippen molar-refractivity contribution in [3.8, 4) is 0 Å². The number of nitro groups is 1. The van der Waals surface area contributed by atoms with Crippen molar-refractivity contribution in [3.05, 3.63) is 33.3 Å². The van der Waals surface area contributed by atoms with Gasteiger partial charge in [0.2, 0.25) is 3.79 Å². The number of hydrogen-bond donors (Lipinski definition) is 3. The lowest BCUT2D eigenvalue weighted by atomic mass is 10.3. The van der Waals surface area contributed by atoms with Crippen LogP contribution in [0.2, 0.25) is 5.02 Å². The van der Waals surface area contributed by atoms with E-state index in [1.807, 2.05) is 0 Å². The fourth-order valence-electron chi connectivity index (χ4n) is 1.41. The Morgan fingerprint density at radius 3 is 2.46 bits per heavy atom. The van der Waals surface area contributed by atoms with E-state index in [1.165, 1.54) is 12.1 Å². The summed E-state index contributed by atoms with van der Waals surface area (Å²) >= 11 is 27.9. The summed E-state index contributed by atoms with van der Waals surface area (Å²) in [6.07, 6.45) is -1.33. The number of alkyl halides is 4. The molecule has 1 rings (SSSR count). The van der Waals surface area contributed by atoms with E-state index in [4.69, 9.17) is 58.6 Å². The van der Waals surface area contributed by atoms with Gasteiger partial charge in [-0.25, -0.2) is 4.39 Å². The van der Waals surface area contributed by atoms with Gasteiger partial charge in [-0.15, -0.1) is 0 Å². The molecule has 0 saturated heterocycles. The predicted octanol–water partition coefficient (Wildman–Crippen LogP) is 3.32. The van der Waals surface area contributed by atoms with Gasteiger partial charge in [0.25, 0.3) is 11.6 Å². The molecule has 1 aromatic rings. The first kappa shape index (κ1) is 20.9. The van der Waals surface area contributed by atoms with Gasteiger partial charge in [0.1, 0.15) is 6.17 Å².